The Kier molecular flexibility index (Phi) is 4.20. The van der Waals surface area contributed by atoms with Crippen molar-refractivity contribution in [2.24, 2.45) is 11.8 Å². The van der Waals surface area contributed by atoms with Gasteiger partial charge in [0.05, 0.1) is 17.5 Å². The van der Waals surface area contributed by atoms with Gasteiger partial charge in [-0.2, -0.15) is 13.2 Å². The maximum atomic E-state index is 13.8. The van der Waals surface area contributed by atoms with Gasteiger partial charge in [0.1, 0.15) is 5.82 Å². The fourth-order valence-corrected chi connectivity index (χ4v) is 3.59. The molecule has 1 aromatic heterocycles. The van der Waals surface area contributed by atoms with Crippen LogP contribution in [0.2, 0.25) is 0 Å². The summed E-state index contributed by atoms with van der Waals surface area (Å²) in [5.74, 6) is -5.44. The minimum absolute atomic E-state index is 0.251. The fraction of sp³-hybridized carbons (Fsp3) is 0.333. The van der Waals surface area contributed by atoms with Crippen LogP contribution in [-0.4, -0.2) is 35.3 Å². The van der Waals surface area contributed by atoms with Gasteiger partial charge < -0.3 is 10.0 Å². The van der Waals surface area contributed by atoms with E-state index in [1.807, 2.05) is 0 Å². The molecular formula is C15H12F4N2O2S. The van der Waals surface area contributed by atoms with Crippen molar-refractivity contribution in [3.05, 3.63) is 35.5 Å². The van der Waals surface area contributed by atoms with E-state index < -0.39 is 36.3 Å². The number of carboxylic acids is 1. The molecule has 128 valence electrons. The second-order valence-corrected chi connectivity index (χ2v) is 6.33. The van der Waals surface area contributed by atoms with Gasteiger partial charge in [0.2, 0.25) is 0 Å². The largest absolute Gasteiger partial charge is 0.481 e. The van der Waals surface area contributed by atoms with Crippen molar-refractivity contribution in [2.45, 2.75) is 6.18 Å². The lowest BCUT2D eigenvalue weighted by Crippen LogP contribution is -2.33. The van der Waals surface area contributed by atoms with Gasteiger partial charge in [0, 0.05) is 24.0 Å². The van der Waals surface area contributed by atoms with Crippen molar-refractivity contribution in [3.63, 3.8) is 0 Å². The van der Waals surface area contributed by atoms with Crippen LogP contribution < -0.4 is 4.90 Å². The predicted molar refractivity (Wildman–Crippen MR) is 80.4 cm³/mol. The summed E-state index contributed by atoms with van der Waals surface area (Å²) >= 11 is 1.06. The summed E-state index contributed by atoms with van der Waals surface area (Å²) in [4.78, 5) is 16.6. The van der Waals surface area contributed by atoms with Gasteiger partial charge in [-0.15, -0.1) is 11.3 Å². The zero-order valence-corrected chi connectivity index (χ0v) is 12.9. The zero-order chi connectivity index (χ0) is 17.5. The number of hydrogen-bond acceptors (Lipinski definition) is 4. The molecule has 24 heavy (non-hydrogen) atoms. The van der Waals surface area contributed by atoms with E-state index in [0.29, 0.717) is 5.69 Å². The molecule has 0 radical (unpaired) electrons. The Morgan fingerprint density at radius 2 is 2.00 bits per heavy atom. The van der Waals surface area contributed by atoms with E-state index in [2.05, 4.69) is 4.98 Å². The first-order chi connectivity index (χ1) is 11.3. The summed E-state index contributed by atoms with van der Waals surface area (Å²) < 4.78 is 52.9. The van der Waals surface area contributed by atoms with E-state index >= 15 is 0 Å². The quantitative estimate of drug-likeness (QED) is 0.849. The fourth-order valence-electron chi connectivity index (χ4n) is 2.74. The maximum Gasteiger partial charge on any atom is 0.394 e. The van der Waals surface area contributed by atoms with E-state index in [-0.39, 0.29) is 17.2 Å². The molecule has 1 aromatic carbocycles. The van der Waals surface area contributed by atoms with Gasteiger partial charge >= 0.3 is 12.1 Å². The lowest BCUT2D eigenvalue weighted by molar-refractivity contribution is -0.187. The number of thiazole rings is 1. The molecule has 0 aliphatic carbocycles. The minimum Gasteiger partial charge on any atom is -0.481 e. The van der Waals surface area contributed by atoms with Gasteiger partial charge in [0.15, 0.2) is 5.13 Å². The first-order valence-electron chi connectivity index (χ1n) is 7.02. The van der Waals surface area contributed by atoms with Crippen LogP contribution in [-0.2, 0) is 4.79 Å². The molecule has 2 atom stereocenters. The molecule has 0 saturated carbocycles. The predicted octanol–water partition coefficient (Wildman–Crippen LogP) is 3.65. The lowest BCUT2D eigenvalue weighted by Gasteiger charge is -2.17. The molecule has 1 saturated heterocycles. The normalized spacial score (nSPS) is 21.2. The van der Waals surface area contributed by atoms with Crippen molar-refractivity contribution in [1.29, 1.82) is 0 Å². The van der Waals surface area contributed by atoms with Gasteiger partial charge in [-0.25, -0.2) is 9.37 Å². The van der Waals surface area contributed by atoms with Crippen LogP contribution in [0.3, 0.4) is 0 Å². The summed E-state index contributed by atoms with van der Waals surface area (Å²) in [5.41, 5.74) is 0.566. The third-order valence-electron chi connectivity index (χ3n) is 3.97. The highest BCUT2D eigenvalue weighted by Crippen LogP contribution is 2.40. The Morgan fingerprint density at radius 3 is 2.58 bits per heavy atom. The summed E-state index contributed by atoms with van der Waals surface area (Å²) in [6, 6.07) is 5.95. The molecule has 0 unspecified atom stereocenters. The van der Waals surface area contributed by atoms with E-state index in [1.165, 1.54) is 23.1 Å². The van der Waals surface area contributed by atoms with Crippen molar-refractivity contribution >= 4 is 22.4 Å². The number of anilines is 1. The summed E-state index contributed by atoms with van der Waals surface area (Å²) in [6.45, 7) is -0.742. The van der Waals surface area contributed by atoms with Gasteiger partial charge in [-0.05, 0) is 12.1 Å². The Balaban J connectivity index is 1.86. The molecule has 0 bridgehead atoms. The van der Waals surface area contributed by atoms with E-state index in [1.54, 1.807) is 11.4 Å². The van der Waals surface area contributed by atoms with E-state index in [9.17, 15) is 22.4 Å². The topological polar surface area (TPSA) is 53.4 Å². The first kappa shape index (κ1) is 16.7. The molecule has 4 nitrogen and oxygen atoms in total. The number of benzene rings is 1. The molecule has 1 N–H and O–H groups in total. The molecular weight excluding hydrogens is 348 g/mol. The van der Waals surface area contributed by atoms with Gasteiger partial charge in [-0.3, -0.25) is 4.79 Å². The number of aliphatic carboxylic acids is 1. The average Bonchev–Trinajstić information content (AvgIpc) is 3.14. The number of hydrogen-bond donors (Lipinski definition) is 1. The smallest absolute Gasteiger partial charge is 0.394 e. The minimum atomic E-state index is -4.59. The number of rotatable bonds is 3. The van der Waals surface area contributed by atoms with Crippen LogP contribution in [0.5, 0.6) is 0 Å². The molecule has 1 fully saturated rings. The highest BCUT2D eigenvalue weighted by Gasteiger charge is 2.53. The number of nitrogens with zero attached hydrogens (tertiary/aromatic N) is 2. The van der Waals surface area contributed by atoms with Crippen molar-refractivity contribution in [2.75, 3.05) is 18.0 Å². The van der Waals surface area contributed by atoms with Crippen LogP contribution >= 0.6 is 11.3 Å². The summed E-state index contributed by atoms with van der Waals surface area (Å²) in [7, 11) is 0. The van der Waals surface area contributed by atoms with Crippen LogP contribution in [0.15, 0.2) is 29.6 Å². The van der Waals surface area contributed by atoms with Gasteiger partial charge in [-0.1, -0.05) is 12.1 Å². The molecule has 0 spiro atoms. The van der Waals surface area contributed by atoms with E-state index in [0.717, 1.165) is 11.3 Å². The monoisotopic (exact) mass is 360 g/mol. The lowest BCUT2D eigenvalue weighted by atomic mass is 9.96. The highest BCUT2D eigenvalue weighted by atomic mass is 32.1. The van der Waals surface area contributed by atoms with Crippen molar-refractivity contribution < 1.29 is 27.5 Å². The Bertz CT molecular complexity index is 762. The van der Waals surface area contributed by atoms with E-state index in [4.69, 9.17) is 5.11 Å². The van der Waals surface area contributed by atoms with Gasteiger partial charge in [0.25, 0.3) is 0 Å². The number of alkyl halides is 3. The van der Waals surface area contributed by atoms with Crippen LogP contribution in [0.4, 0.5) is 22.7 Å². The second-order valence-electron chi connectivity index (χ2n) is 5.49. The van der Waals surface area contributed by atoms with Crippen LogP contribution in [0.25, 0.3) is 11.3 Å². The number of aromatic nitrogens is 1. The highest BCUT2D eigenvalue weighted by molar-refractivity contribution is 7.14. The standard InChI is InChI=1S/C15H12F4N2O2S/c16-11-4-2-1-3-8(11)12-7-24-14(20-12)21-5-9(13(22)23)10(6-21)15(17,18)19/h1-4,7,9-10H,5-6H2,(H,22,23)/t9-,10-/m1/s1. The molecule has 3 rings (SSSR count). The molecule has 9 heteroatoms. The molecule has 1 aliphatic heterocycles. The second kappa shape index (κ2) is 6.04. The molecule has 2 aromatic rings. The molecule has 0 amide bonds. The third-order valence-corrected chi connectivity index (χ3v) is 4.87. The summed E-state index contributed by atoms with van der Waals surface area (Å²) in [5, 5.41) is 10.8. The van der Waals surface area contributed by atoms with Crippen LogP contribution in [0.1, 0.15) is 0 Å². The zero-order valence-electron chi connectivity index (χ0n) is 12.1. The maximum absolute atomic E-state index is 13.8. The Morgan fingerprint density at radius 1 is 1.29 bits per heavy atom. The summed E-state index contributed by atoms with van der Waals surface area (Å²) in [6.07, 6.45) is -4.59. The third kappa shape index (κ3) is 3.08. The number of carbonyl (C=O) groups is 1. The van der Waals surface area contributed by atoms with Crippen molar-refractivity contribution in [1.82, 2.24) is 4.98 Å². The van der Waals surface area contributed by atoms with Crippen molar-refractivity contribution in [3.8, 4) is 11.3 Å². The number of carboxylic acid groups (broad SMARTS) is 1. The Labute approximate surface area is 138 Å². The Hall–Kier alpha value is -2.16. The SMILES string of the molecule is O=C(O)[C@@H]1CN(c2nc(-c3ccccc3F)cs2)C[C@H]1C(F)(F)F. The molecule has 2 heterocycles. The van der Waals surface area contributed by atoms with Crippen LogP contribution in [0, 0.1) is 17.7 Å². The molecule has 1 aliphatic rings. The number of halogens is 4. The first-order valence-corrected chi connectivity index (χ1v) is 7.90. The average molecular weight is 360 g/mol.